The lowest BCUT2D eigenvalue weighted by Crippen LogP contribution is -2.42. The summed E-state index contributed by atoms with van der Waals surface area (Å²) in [5.74, 6) is -0.819. The van der Waals surface area contributed by atoms with Crippen molar-refractivity contribution in [1.29, 1.82) is 5.26 Å². The summed E-state index contributed by atoms with van der Waals surface area (Å²) in [6, 6.07) is 5.70. The Morgan fingerprint density at radius 3 is 2.74 bits per heavy atom. The van der Waals surface area contributed by atoms with Crippen LogP contribution in [0.1, 0.15) is 38.4 Å². The summed E-state index contributed by atoms with van der Waals surface area (Å²) >= 11 is 0. The standard InChI is InChI=1S/C14H19N3O2/c1-14(2,3)17(8-6-13(18)19)10-11-5-4-7-16-12(11)9-15/h4-5,7H,6,8,10H2,1-3H3,(H,18,19). The van der Waals surface area contributed by atoms with Crippen molar-refractivity contribution in [2.24, 2.45) is 0 Å². The summed E-state index contributed by atoms with van der Waals surface area (Å²) in [5.41, 5.74) is 1.05. The predicted molar refractivity (Wildman–Crippen MR) is 71.4 cm³/mol. The van der Waals surface area contributed by atoms with E-state index in [1.807, 2.05) is 31.7 Å². The van der Waals surface area contributed by atoms with Gasteiger partial charge in [-0.25, -0.2) is 4.98 Å². The van der Waals surface area contributed by atoms with Crippen LogP contribution in [0, 0.1) is 11.3 Å². The van der Waals surface area contributed by atoms with Gasteiger partial charge in [0.05, 0.1) is 6.42 Å². The summed E-state index contributed by atoms with van der Waals surface area (Å²) in [7, 11) is 0. The van der Waals surface area contributed by atoms with Gasteiger partial charge in [-0.15, -0.1) is 0 Å². The Bertz CT molecular complexity index is 486. The number of hydrogen-bond acceptors (Lipinski definition) is 4. The highest BCUT2D eigenvalue weighted by Crippen LogP contribution is 2.18. The first kappa shape index (κ1) is 15.1. The van der Waals surface area contributed by atoms with Gasteiger partial charge in [-0.05, 0) is 26.8 Å². The van der Waals surface area contributed by atoms with Crippen LogP contribution in [0.25, 0.3) is 0 Å². The number of pyridine rings is 1. The van der Waals surface area contributed by atoms with Crippen LogP contribution in [0.4, 0.5) is 0 Å². The molecule has 0 fully saturated rings. The molecule has 0 saturated carbocycles. The van der Waals surface area contributed by atoms with Gasteiger partial charge in [0.15, 0.2) is 0 Å². The number of aromatic nitrogens is 1. The van der Waals surface area contributed by atoms with Gasteiger partial charge in [0.25, 0.3) is 0 Å². The van der Waals surface area contributed by atoms with E-state index >= 15 is 0 Å². The van der Waals surface area contributed by atoms with Gasteiger partial charge >= 0.3 is 5.97 Å². The van der Waals surface area contributed by atoms with E-state index in [-0.39, 0.29) is 12.0 Å². The maximum absolute atomic E-state index is 10.7. The van der Waals surface area contributed by atoms with Crippen molar-refractivity contribution >= 4 is 5.97 Å². The smallest absolute Gasteiger partial charge is 0.304 e. The van der Waals surface area contributed by atoms with Crippen LogP contribution < -0.4 is 0 Å². The van der Waals surface area contributed by atoms with Crippen LogP contribution in [0.5, 0.6) is 0 Å². The lowest BCUT2D eigenvalue weighted by Gasteiger charge is -2.35. The van der Waals surface area contributed by atoms with Crippen molar-refractivity contribution < 1.29 is 9.90 Å². The average molecular weight is 261 g/mol. The molecule has 5 nitrogen and oxygen atoms in total. The molecule has 0 aliphatic rings. The van der Waals surface area contributed by atoms with Crippen LogP contribution in [0.2, 0.25) is 0 Å². The summed E-state index contributed by atoms with van der Waals surface area (Å²) < 4.78 is 0. The zero-order chi connectivity index (χ0) is 14.5. The Hall–Kier alpha value is -1.93. The van der Waals surface area contributed by atoms with Gasteiger partial charge in [0.1, 0.15) is 11.8 Å². The van der Waals surface area contributed by atoms with Gasteiger partial charge in [0, 0.05) is 30.4 Å². The first-order chi connectivity index (χ1) is 8.84. The number of rotatable bonds is 5. The minimum Gasteiger partial charge on any atom is -0.481 e. The fourth-order valence-corrected chi connectivity index (χ4v) is 1.75. The Labute approximate surface area is 113 Å². The number of carbonyl (C=O) groups is 1. The molecule has 1 aromatic heterocycles. The van der Waals surface area contributed by atoms with Crippen molar-refractivity contribution in [3.63, 3.8) is 0 Å². The molecule has 0 radical (unpaired) electrons. The van der Waals surface area contributed by atoms with Gasteiger partial charge in [-0.2, -0.15) is 5.26 Å². The van der Waals surface area contributed by atoms with E-state index in [1.54, 1.807) is 12.3 Å². The highest BCUT2D eigenvalue weighted by molar-refractivity contribution is 5.66. The van der Waals surface area contributed by atoms with Gasteiger partial charge in [-0.1, -0.05) is 6.07 Å². The first-order valence-electron chi connectivity index (χ1n) is 6.15. The molecule has 1 heterocycles. The van der Waals surface area contributed by atoms with Crippen molar-refractivity contribution in [3.05, 3.63) is 29.6 Å². The monoisotopic (exact) mass is 261 g/mol. The van der Waals surface area contributed by atoms with E-state index in [2.05, 4.69) is 11.1 Å². The molecule has 19 heavy (non-hydrogen) atoms. The maximum Gasteiger partial charge on any atom is 0.304 e. The van der Waals surface area contributed by atoms with E-state index < -0.39 is 5.97 Å². The van der Waals surface area contributed by atoms with Crippen LogP contribution in [0.15, 0.2) is 18.3 Å². The molecule has 1 aromatic rings. The molecule has 102 valence electrons. The van der Waals surface area contributed by atoms with Gasteiger partial charge in [0.2, 0.25) is 0 Å². The molecule has 0 unspecified atom stereocenters. The van der Waals surface area contributed by atoms with Crippen LogP contribution >= 0.6 is 0 Å². The molecule has 0 aromatic carbocycles. The van der Waals surface area contributed by atoms with Crippen molar-refractivity contribution in [1.82, 2.24) is 9.88 Å². The van der Waals surface area contributed by atoms with Gasteiger partial charge in [-0.3, -0.25) is 9.69 Å². The highest BCUT2D eigenvalue weighted by Gasteiger charge is 2.23. The Morgan fingerprint density at radius 1 is 1.53 bits per heavy atom. The third-order valence-corrected chi connectivity index (χ3v) is 2.90. The average Bonchev–Trinajstić information content (AvgIpc) is 2.33. The maximum atomic E-state index is 10.7. The second-order valence-corrected chi connectivity index (χ2v) is 5.36. The number of hydrogen-bond donors (Lipinski definition) is 1. The molecule has 0 amide bonds. The summed E-state index contributed by atoms with van der Waals surface area (Å²) in [4.78, 5) is 16.8. The lowest BCUT2D eigenvalue weighted by atomic mass is 10.0. The fourth-order valence-electron chi connectivity index (χ4n) is 1.75. The fraction of sp³-hybridized carbons (Fsp3) is 0.500. The van der Waals surface area contributed by atoms with E-state index in [0.29, 0.717) is 18.8 Å². The molecule has 0 bridgehead atoms. The molecule has 0 aliphatic heterocycles. The summed E-state index contributed by atoms with van der Waals surface area (Å²) in [6.45, 7) is 7.04. The van der Waals surface area contributed by atoms with Crippen molar-refractivity contribution in [2.75, 3.05) is 6.54 Å². The predicted octanol–water partition coefficient (Wildman–Crippen LogP) is 2.03. The van der Waals surface area contributed by atoms with E-state index in [1.165, 1.54) is 0 Å². The molecular formula is C14H19N3O2. The zero-order valence-corrected chi connectivity index (χ0v) is 11.6. The highest BCUT2D eigenvalue weighted by atomic mass is 16.4. The Morgan fingerprint density at radius 2 is 2.21 bits per heavy atom. The summed E-state index contributed by atoms with van der Waals surface area (Å²) in [6.07, 6.45) is 1.67. The number of nitriles is 1. The topological polar surface area (TPSA) is 77.2 Å². The number of aliphatic carboxylic acids is 1. The minimum atomic E-state index is -0.819. The normalized spacial score (nSPS) is 11.3. The molecule has 1 rings (SSSR count). The molecule has 0 saturated heterocycles. The van der Waals surface area contributed by atoms with Crippen molar-refractivity contribution in [3.8, 4) is 6.07 Å². The van der Waals surface area contributed by atoms with Crippen LogP contribution in [-0.4, -0.2) is 33.0 Å². The zero-order valence-electron chi connectivity index (χ0n) is 11.6. The SMILES string of the molecule is CC(C)(C)N(CCC(=O)O)Cc1cccnc1C#N. The van der Waals surface area contributed by atoms with E-state index in [0.717, 1.165) is 5.56 Å². The van der Waals surface area contributed by atoms with Crippen molar-refractivity contribution in [2.45, 2.75) is 39.3 Å². The van der Waals surface area contributed by atoms with E-state index in [9.17, 15) is 4.79 Å². The van der Waals surface area contributed by atoms with Crippen LogP contribution in [-0.2, 0) is 11.3 Å². The van der Waals surface area contributed by atoms with Crippen LogP contribution in [0.3, 0.4) is 0 Å². The Kier molecular flexibility index (Phi) is 5.02. The lowest BCUT2D eigenvalue weighted by molar-refractivity contribution is -0.137. The Balaban J connectivity index is 2.89. The second kappa shape index (κ2) is 6.30. The number of nitrogens with zero attached hydrogens (tertiary/aromatic N) is 3. The quantitative estimate of drug-likeness (QED) is 0.877. The summed E-state index contributed by atoms with van der Waals surface area (Å²) in [5, 5.41) is 17.8. The van der Waals surface area contributed by atoms with E-state index in [4.69, 9.17) is 10.4 Å². The molecule has 0 spiro atoms. The molecule has 0 atom stereocenters. The number of carboxylic acids is 1. The molecular weight excluding hydrogens is 242 g/mol. The second-order valence-electron chi connectivity index (χ2n) is 5.36. The molecule has 1 N–H and O–H groups in total. The molecule has 0 aliphatic carbocycles. The third-order valence-electron chi connectivity index (χ3n) is 2.90. The number of carboxylic acid groups (broad SMARTS) is 1. The largest absolute Gasteiger partial charge is 0.481 e. The van der Waals surface area contributed by atoms with Gasteiger partial charge < -0.3 is 5.11 Å². The first-order valence-corrected chi connectivity index (χ1v) is 6.15. The third kappa shape index (κ3) is 4.68. The minimum absolute atomic E-state index is 0.0828. The molecule has 5 heteroatoms.